The van der Waals surface area contributed by atoms with E-state index in [1.54, 1.807) is 4.90 Å². The quantitative estimate of drug-likeness (QED) is 0.894. The second-order valence-corrected chi connectivity index (χ2v) is 5.53. The normalized spacial score (nSPS) is 22.0. The van der Waals surface area contributed by atoms with Crippen LogP contribution in [0.15, 0.2) is 35.4 Å². The monoisotopic (exact) mass is 301 g/mol. The molecule has 1 fully saturated rings. The summed E-state index contributed by atoms with van der Waals surface area (Å²) in [4.78, 5) is 25.3. The zero-order chi connectivity index (χ0) is 15.4. The number of benzene rings is 1. The highest BCUT2D eigenvalue weighted by molar-refractivity contribution is 6.39. The third kappa shape index (κ3) is 3.51. The summed E-state index contributed by atoms with van der Waals surface area (Å²) < 4.78 is 5.76. The van der Waals surface area contributed by atoms with Crippen molar-refractivity contribution in [2.75, 3.05) is 19.7 Å². The van der Waals surface area contributed by atoms with Gasteiger partial charge in [0, 0.05) is 32.4 Å². The maximum absolute atomic E-state index is 12.4. The van der Waals surface area contributed by atoms with E-state index in [0.717, 1.165) is 6.42 Å². The van der Waals surface area contributed by atoms with Gasteiger partial charge in [-0.1, -0.05) is 30.3 Å². The molecule has 2 aliphatic rings. The van der Waals surface area contributed by atoms with Crippen LogP contribution in [0.2, 0.25) is 0 Å². The first-order valence-electron chi connectivity index (χ1n) is 7.52. The van der Waals surface area contributed by atoms with E-state index in [1.807, 2.05) is 18.2 Å². The second kappa shape index (κ2) is 6.70. The van der Waals surface area contributed by atoms with E-state index in [9.17, 15) is 9.59 Å². The van der Waals surface area contributed by atoms with Crippen molar-refractivity contribution in [1.82, 2.24) is 10.3 Å². The van der Waals surface area contributed by atoms with Crippen LogP contribution in [0, 0.1) is 0 Å². The number of rotatable bonds is 3. The number of carbonyl (C=O) groups is 2. The number of morpholine rings is 1. The van der Waals surface area contributed by atoms with Gasteiger partial charge in [-0.3, -0.25) is 9.59 Å². The fourth-order valence-electron chi connectivity index (χ4n) is 2.72. The fourth-order valence-corrected chi connectivity index (χ4v) is 2.72. The van der Waals surface area contributed by atoms with Crippen LogP contribution in [-0.4, -0.2) is 48.2 Å². The highest BCUT2D eigenvalue weighted by Gasteiger charge is 2.28. The summed E-state index contributed by atoms with van der Waals surface area (Å²) in [5, 5.41) is 3.88. The molecule has 0 aromatic heterocycles. The van der Waals surface area contributed by atoms with E-state index in [4.69, 9.17) is 4.74 Å². The molecule has 1 aromatic rings. The van der Waals surface area contributed by atoms with Crippen LogP contribution in [-0.2, 0) is 20.7 Å². The molecule has 0 bridgehead atoms. The summed E-state index contributed by atoms with van der Waals surface area (Å²) in [7, 11) is 0. The van der Waals surface area contributed by atoms with Crippen LogP contribution >= 0.6 is 0 Å². The van der Waals surface area contributed by atoms with Crippen LogP contribution in [0.3, 0.4) is 0 Å². The van der Waals surface area contributed by atoms with E-state index in [0.29, 0.717) is 38.2 Å². The minimum absolute atomic E-state index is 0.00104. The van der Waals surface area contributed by atoms with Crippen LogP contribution < -0.4 is 5.43 Å². The molecule has 2 heterocycles. The van der Waals surface area contributed by atoms with Gasteiger partial charge < -0.3 is 9.64 Å². The standard InChI is InChI=1S/C16H19N3O3/c20-15-7-6-14(17-18-15)16(21)19-8-9-22-13(11-19)10-12-4-2-1-3-5-12/h1-5,13H,6-11H2,(H,18,20). The molecule has 22 heavy (non-hydrogen) atoms. The lowest BCUT2D eigenvalue weighted by Gasteiger charge is -2.33. The second-order valence-electron chi connectivity index (χ2n) is 5.53. The lowest BCUT2D eigenvalue weighted by Crippen LogP contribution is -2.49. The van der Waals surface area contributed by atoms with Crippen molar-refractivity contribution in [3.63, 3.8) is 0 Å². The minimum Gasteiger partial charge on any atom is -0.374 e. The van der Waals surface area contributed by atoms with Gasteiger partial charge in [0.15, 0.2) is 0 Å². The predicted octanol–water partition coefficient (Wildman–Crippen LogP) is 0.722. The van der Waals surface area contributed by atoms with Crippen LogP contribution in [0.1, 0.15) is 18.4 Å². The molecule has 1 saturated heterocycles. The van der Waals surface area contributed by atoms with Crippen molar-refractivity contribution in [2.45, 2.75) is 25.4 Å². The number of carbonyl (C=O) groups excluding carboxylic acids is 2. The summed E-state index contributed by atoms with van der Waals surface area (Å²) in [6, 6.07) is 10.1. The molecule has 6 nitrogen and oxygen atoms in total. The molecule has 0 aliphatic carbocycles. The molecule has 116 valence electrons. The van der Waals surface area contributed by atoms with Crippen molar-refractivity contribution in [3.8, 4) is 0 Å². The Morgan fingerprint density at radius 1 is 1.32 bits per heavy atom. The molecule has 0 radical (unpaired) electrons. The molecule has 0 saturated carbocycles. The van der Waals surface area contributed by atoms with Crippen molar-refractivity contribution >= 4 is 17.5 Å². The molecule has 1 atom stereocenters. The Bertz CT molecular complexity index is 586. The van der Waals surface area contributed by atoms with Crippen LogP contribution in [0.25, 0.3) is 0 Å². The zero-order valence-corrected chi connectivity index (χ0v) is 12.3. The number of hydrazone groups is 1. The molecule has 3 rings (SSSR count). The Morgan fingerprint density at radius 3 is 2.86 bits per heavy atom. The summed E-state index contributed by atoms with van der Waals surface area (Å²) >= 11 is 0. The van der Waals surface area contributed by atoms with Crippen molar-refractivity contribution in [2.24, 2.45) is 5.10 Å². The highest BCUT2D eigenvalue weighted by atomic mass is 16.5. The number of hydrogen-bond acceptors (Lipinski definition) is 4. The number of hydrogen-bond donors (Lipinski definition) is 1. The Hall–Kier alpha value is -2.21. The first kappa shape index (κ1) is 14.7. The topological polar surface area (TPSA) is 71.0 Å². The molecular weight excluding hydrogens is 282 g/mol. The van der Waals surface area contributed by atoms with Gasteiger partial charge in [-0.15, -0.1) is 0 Å². The van der Waals surface area contributed by atoms with Gasteiger partial charge >= 0.3 is 0 Å². The Balaban J connectivity index is 1.60. The van der Waals surface area contributed by atoms with E-state index >= 15 is 0 Å². The summed E-state index contributed by atoms with van der Waals surface area (Å²) in [6.07, 6.45) is 1.51. The molecular formula is C16H19N3O3. The SMILES string of the molecule is O=C1CCC(C(=O)N2CCOC(Cc3ccccc3)C2)=NN1. The van der Waals surface area contributed by atoms with Crippen molar-refractivity contribution in [1.29, 1.82) is 0 Å². The minimum atomic E-state index is -0.138. The van der Waals surface area contributed by atoms with E-state index in [-0.39, 0.29) is 17.9 Å². The van der Waals surface area contributed by atoms with Crippen molar-refractivity contribution in [3.05, 3.63) is 35.9 Å². The van der Waals surface area contributed by atoms with Gasteiger partial charge in [-0.2, -0.15) is 5.10 Å². The molecule has 2 amide bonds. The molecule has 1 unspecified atom stereocenters. The summed E-state index contributed by atoms with van der Waals surface area (Å²) in [6.45, 7) is 1.65. The Labute approximate surface area is 129 Å². The predicted molar refractivity (Wildman–Crippen MR) is 81.3 cm³/mol. The number of ether oxygens (including phenoxy) is 1. The molecule has 0 spiro atoms. The van der Waals surface area contributed by atoms with Crippen LogP contribution in [0.4, 0.5) is 0 Å². The van der Waals surface area contributed by atoms with Gasteiger partial charge in [0.05, 0.1) is 12.7 Å². The van der Waals surface area contributed by atoms with E-state index in [1.165, 1.54) is 5.56 Å². The number of nitrogens with one attached hydrogen (secondary N) is 1. The van der Waals surface area contributed by atoms with Gasteiger partial charge in [-0.05, 0) is 5.56 Å². The average Bonchev–Trinajstić information content (AvgIpc) is 2.56. The molecule has 1 aromatic carbocycles. The maximum Gasteiger partial charge on any atom is 0.270 e. The first-order chi connectivity index (χ1) is 10.7. The van der Waals surface area contributed by atoms with E-state index in [2.05, 4.69) is 22.7 Å². The summed E-state index contributed by atoms with van der Waals surface area (Å²) in [5.41, 5.74) is 4.00. The maximum atomic E-state index is 12.4. The van der Waals surface area contributed by atoms with E-state index < -0.39 is 0 Å². The molecule has 2 aliphatic heterocycles. The Kier molecular flexibility index (Phi) is 4.48. The Morgan fingerprint density at radius 2 is 2.14 bits per heavy atom. The van der Waals surface area contributed by atoms with Gasteiger partial charge in [0.1, 0.15) is 5.71 Å². The van der Waals surface area contributed by atoms with Crippen molar-refractivity contribution < 1.29 is 14.3 Å². The fraction of sp³-hybridized carbons (Fsp3) is 0.438. The third-order valence-corrected chi connectivity index (χ3v) is 3.88. The third-order valence-electron chi connectivity index (χ3n) is 3.88. The molecule has 1 N–H and O–H groups in total. The van der Waals surface area contributed by atoms with Gasteiger partial charge in [-0.25, -0.2) is 5.43 Å². The van der Waals surface area contributed by atoms with Gasteiger partial charge in [0.2, 0.25) is 5.91 Å². The smallest absolute Gasteiger partial charge is 0.270 e. The summed E-state index contributed by atoms with van der Waals surface area (Å²) in [5.74, 6) is -0.234. The number of nitrogens with zero attached hydrogens (tertiary/aromatic N) is 2. The number of amides is 2. The highest BCUT2D eigenvalue weighted by Crippen LogP contribution is 2.13. The first-order valence-corrected chi connectivity index (χ1v) is 7.52. The zero-order valence-electron chi connectivity index (χ0n) is 12.3. The largest absolute Gasteiger partial charge is 0.374 e. The molecule has 6 heteroatoms. The average molecular weight is 301 g/mol. The lowest BCUT2D eigenvalue weighted by molar-refractivity contribution is -0.131. The lowest BCUT2D eigenvalue weighted by atomic mass is 10.1. The van der Waals surface area contributed by atoms with Gasteiger partial charge in [0.25, 0.3) is 5.91 Å². The van der Waals surface area contributed by atoms with Crippen LogP contribution in [0.5, 0.6) is 0 Å².